The maximum atomic E-state index is 12.4. The Bertz CT molecular complexity index is 674. The van der Waals surface area contributed by atoms with Crippen molar-refractivity contribution in [3.05, 3.63) is 30.3 Å². The third-order valence-electron chi connectivity index (χ3n) is 5.77. The minimum atomic E-state index is 0. The van der Waals surface area contributed by atoms with Crippen molar-refractivity contribution in [2.75, 3.05) is 58.9 Å². The Hall–Kier alpha value is -1.55. The second kappa shape index (κ2) is 13.8. The summed E-state index contributed by atoms with van der Waals surface area (Å²) in [7, 11) is 0. The van der Waals surface area contributed by atoms with E-state index in [0.717, 1.165) is 76.8 Å². The van der Waals surface area contributed by atoms with Gasteiger partial charge in [0.1, 0.15) is 11.9 Å². The van der Waals surface area contributed by atoms with E-state index < -0.39 is 0 Å². The molecule has 2 aliphatic heterocycles. The summed E-state index contributed by atoms with van der Waals surface area (Å²) in [5, 5.41) is 3.42. The van der Waals surface area contributed by atoms with Crippen LogP contribution < -0.4 is 10.1 Å². The van der Waals surface area contributed by atoms with Crippen molar-refractivity contribution >= 4 is 35.8 Å². The van der Waals surface area contributed by atoms with E-state index in [-0.39, 0.29) is 36.0 Å². The number of nitrogens with zero attached hydrogens (tertiary/aromatic N) is 4. The molecule has 0 aromatic heterocycles. The number of likely N-dealkylation sites (tertiary alicyclic amines) is 1. The van der Waals surface area contributed by atoms with Gasteiger partial charge in [0.05, 0.1) is 13.1 Å². The molecular formula is C23H38IN5O2. The summed E-state index contributed by atoms with van der Waals surface area (Å²) in [6.45, 7) is 11.6. The van der Waals surface area contributed by atoms with Crippen LogP contribution in [0.5, 0.6) is 5.75 Å². The van der Waals surface area contributed by atoms with Crippen LogP contribution in [-0.2, 0) is 4.79 Å². The van der Waals surface area contributed by atoms with Crippen LogP contribution in [0.2, 0.25) is 0 Å². The number of carbonyl (C=O) groups excluding carboxylic acids is 1. The van der Waals surface area contributed by atoms with Crippen molar-refractivity contribution in [1.82, 2.24) is 20.0 Å². The van der Waals surface area contributed by atoms with Crippen LogP contribution >= 0.6 is 24.0 Å². The first-order valence-corrected chi connectivity index (χ1v) is 11.4. The van der Waals surface area contributed by atoms with E-state index in [1.165, 1.54) is 0 Å². The van der Waals surface area contributed by atoms with E-state index in [1.54, 1.807) is 0 Å². The number of rotatable bonds is 8. The number of amides is 1. The number of aliphatic imine (C=N–C) groups is 1. The summed E-state index contributed by atoms with van der Waals surface area (Å²) in [4.78, 5) is 23.9. The average Bonchev–Trinajstić information content (AvgIpc) is 3.32. The third kappa shape index (κ3) is 8.14. The molecule has 1 atom stereocenters. The minimum absolute atomic E-state index is 0. The van der Waals surface area contributed by atoms with Crippen LogP contribution in [0.15, 0.2) is 35.3 Å². The fraction of sp³-hybridized carbons (Fsp3) is 0.652. The van der Waals surface area contributed by atoms with Gasteiger partial charge in [-0.3, -0.25) is 9.69 Å². The number of nitrogens with one attached hydrogen (secondary N) is 1. The molecule has 1 N–H and O–H groups in total. The third-order valence-corrected chi connectivity index (χ3v) is 5.77. The summed E-state index contributed by atoms with van der Waals surface area (Å²) in [5.74, 6) is 2.12. The molecule has 1 unspecified atom stereocenters. The minimum Gasteiger partial charge on any atom is -0.489 e. The number of guanidine groups is 1. The van der Waals surface area contributed by atoms with Crippen LogP contribution in [0.3, 0.4) is 0 Å². The molecule has 2 heterocycles. The molecule has 0 radical (unpaired) electrons. The molecule has 2 aliphatic rings. The van der Waals surface area contributed by atoms with E-state index in [1.807, 2.05) is 35.2 Å². The summed E-state index contributed by atoms with van der Waals surface area (Å²) in [6, 6.07) is 9.95. The number of para-hydroxylation sites is 1. The van der Waals surface area contributed by atoms with Crippen molar-refractivity contribution in [3.8, 4) is 5.75 Å². The number of hydrogen-bond acceptors (Lipinski definition) is 4. The van der Waals surface area contributed by atoms with E-state index in [4.69, 9.17) is 9.73 Å². The van der Waals surface area contributed by atoms with Gasteiger partial charge in [-0.05, 0) is 38.3 Å². The lowest BCUT2D eigenvalue weighted by Crippen LogP contribution is -2.54. The summed E-state index contributed by atoms with van der Waals surface area (Å²) in [5.41, 5.74) is 0. The fourth-order valence-corrected chi connectivity index (χ4v) is 3.93. The molecule has 0 saturated carbocycles. The lowest BCUT2D eigenvalue weighted by Gasteiger charge is -2.36. The molecule has 3 rings (SSSR count). The van der Waals surface area contributed by atoms with Crippen LogP contribution in [0.25, 0.3) is 0 Å². The Morgan fingerprint density at radius 3 is 2.32 bits per heavy atom. The number of ether oxygens (including phenoxy) is 1. The predicted octanol–water partition coefficient (Wildman–Crippen LogP) is 2.67. The highest BCUT2D eigenvalue weighted by Crippen LogP contribution is 2.13. The topological polar surface area (TPSA) is 60.4 Å². The van der Waals surface area contributed by atoms with Crippen LogP contribution in [0, 0.1) is 0 Å². The Morgan fingerprint density at radius 1 is 1.03 bits per heavy atom. The molecule has 1 aromatic rings. The molecule has 0 aliphatic carbocycles. The highest BCUT2D eigenvalue weighted by molar-refractivity contribution is 14.0. The standard InChI is InChI=1S/C23H37N5O2.HI/c1-3-20(30-21-10-6-5-7-11-21)18-25-23(24-4-2)28-16-14-26(15-17-28)19-22(29)27-12-8-9-13-27;/h5-7,10-11,20H,3-4,8-9,12-19H2,1-2H3,(H,24,25);1H. The van der Waals surface area contributed by atoms with Gasteiger partial charge in [-0.2, -0.15) is 0 Å². The Morgan fingerprint density at radius 2 is 1.71 bits per heavy atom. The second-order valence-corrected chi connectivity index (χ2v) is 8.01. The number of carbonyl (C=O) groups is 1. The Labute approximate surface area is 204 Å². The lowest BCUT2D eigenvalue weighted by molar-refractivity contribution is -0.131. The highest BCUT2D eigenvalue weighted by atomic mass is 127. The zero-order chi connectivity index (χ0) is 21.2. The predicted molar refractivity (Wildman–Crippen MR) is 136 cm³/mol. The first-order valence-electron chi connectivity index (χ1n) is 11.4. The van der Waals surface area contributed by atoms with Crippen LogP contribution in [0.4, 0.5) is 0 Å². The molecule has 0 bridgehead atoms. The summed E-state index contributed by atoms with van der Waals surface area (Å²) in [6.07, 6.45) is 3.26. The molecule has 8 heteroatoms. The zero-order valence-corrected chi connectivity index (χ0v) is 21.3. The van der Waals surface area contributed by atoms with Crippen molar-refractivity contribution in [1.29, 1.82) is 0 Å². The van der Waals surface area contributed by atoms with E-state index in [2.05, 4.69) is 29.0 Å². The van der Waals surface area contributed by atoms with E-state index in [9.17, 15) is 4.79 Å². The van der Waals surface area contributed by atoms with E-state index >= 15 is 0 Å². The monoisotopic (exact) mass is 543 g/mol. The van der Waals surface area contributed by atoms with Gasteiger partial charge < -0.3 is 19.9 Å². The Balaban J connectivity index is 0.00000341. The molecule has 2 saturated heterocycles. The molecule has 2 fully saturated rings. The van der Waals surface area contributed by atoms with Crippen molar-refractivity contribution in [2.24, 2.45) is 4.99 Å². The highest BCUT2D eigenvalue weighted by Gasteiger charge is 2.24. The lowest BCUT2D eigenvalue weighted by atomic mass is 10.2. The van der Waals surface area contributed by atoms with Gasteiger partial charge in [0, 0.05) is 45.8 Å². The summed E-state index contributed by atoms with van der Waals surface area (Å²) >= 11 is 0. The Kier molecular flexibility index (Phi) is 11.4. The molecule has 31 heavy (non-hydrogen) atoms. The van der Waals surface area contributed by atoms with Gasteiger partial charge in [-0.25, -0.2) is 4.99 Å². The van der Waals surface area contributed by atoms with Crippen molar-refractivity contribution in [2.45, 2.75) is 39.2 Å². The maximum Gasteiger partial charge on any atom is 0.236 e. The first kappa shape index (κ1) is 25.7. The first-order chi connectivity index (χ1) is 14.7. The zero-order valence-electron chi connectivity index (χ0n) is 19.0. The molecule has 1 amide bonds. The van der Waals surface area contributed by atoms with Gasteiger partial charge >= 0.3 is 0 Å². The molecule has 1 aromatic carbocycles. The number of benzene rings is 1. The second-order valence-electron chi connectivity index (χ2n) is 8.01. The van der Waals surface area contributed by atoms with Crippen LogP contribution in [-0.4, -0.2) is 91.6 Å². The quantitative estimate of drug-likeness (QED) is 0.311. The van der Waals surface area contributed by atoms with Crippen LogP contribution in [0.1, 0.15) is 33.1 Å². The van der Waals surface area contributed by atoms with Gasteiger partial charge in [-0.1, -0.05) is 25.1 Å². The number of piperazine rings is 1. The SMILES string of the molecule is CCNC(=NCC(CC)Oc1ccccc1)N1CCN(CC(=O)N2CCCC2)CC1.I. The fourth-order valence-electron chi connectivity index (χ4n) is 3.93. The van der Waals surface area contributed by atoms with Gasteiger partial charge in [-0.15, -0.1) is 24.0 Å². The normalized spacial score (nSPS) is 18.5. The van der Waals surface area contributed by atoms with Gasteiger partial charge in [0.25, 0.3) is 0 Å². The summed E-state index contributed by atoms with van der Waals surface area (Å²) < 4.78 is 6.09. The molecule has 7 nitrogen and oxygen atoms in total. The molecular weight excluding hydrogens is 505 g/mol. The number of halogens is 1. The number of hydrogen-bond donors (Lipinski definition) is 1. The van der Waals surface area contributed by atoms with Gasteiger partial charge in [0.15, 0.2) is 5.96 Å². The van der Waals surface area contributed by atoms with Crippen molar-refractivity contribution < 1.29 is 9.53 Å². The largest absolute Gasteiger partial charge is 0.489 e. The molecule has 0 spiro atoms. The van der Waals surface area contributed by atoms with Crippen molar-refractivity contribution in [3.63, 3.8) is 0 Å². The maximum absolute atomic E-state index is 12.4. The average molecular weight is 543 g/mol. The smallest absolute Gasteiger partial charge is 0.236 e. The van der Waals surface area contributed by atoms with Gasteiger partial charge in [0.2, 0.25) is 5.91 Å². The molecule has 174 valence electrons. The van der Waals surface area contributed by atoms with E-state index in [0.29, 0.717) is 13.1 Å².